The first-order valence-electron chi connectivity index (χ1n) is 12.0. The Hall–Kier alpha value is -3.52. The fraction of sp³-hybridized carbons (Fsp3) is 0.385. The number of fused-ring (bicyclic) bond motifs is 1. The highest BCUT2D eigenvalue weighted by Gasteiger charge is 2.22. The normalized spacial score (nSPS) is 19.6. The molecule has 0 radical (unpaired) electrons. The van der Waals surface area contributed by atoms with Crippen LogP contribution in [0.3, 0.4) is 0 Å². The van der Waals surface area contributed by atoms with E-state index >= 15 is 0 Å². The molecule has 2 fully saturated rings. The number of para-hydroxylation sites is 1. The maximum atomic E-state index is 10.7. The lowest BCUT2D eigenvalue weighted by molar-refractivity contribution is -0.104. The van der Waals surface area contributed by atoms with Crippen molar-refractivity contribution in [2.75, 3.05) is 56.5 Å². The molecule has 176 valence electrons. The van der Waals surface area contributed by atoms with Gasteiger partial charge in [-0.3, -0.25) is 4.79 Å². The molecule has 3 aromatic rings. The number of anilines is 3. The number of carbonyl (C=O) groups is 1. The third-order valence-electron chi connectivity index (χ3n) is 6.74. The van der Waals surface area contributed by atoms with Crippen LogP contribution in [0.25, 0.3) is 10.9 Å². The van der Waals surface area contributed by atoms with Crippen LogP contribution in [-0.2, 0) is 4.79 Å². The number of aromatic nitrogens is 3. The number of nitrogens with one attached hydrogen (secondary N) is 1. The van der Waals surface area contributed by atoms with E-state index in [1.165, 1.54) is 5.56 Å². The second-order valence-corrected chi connectivity index (χ2v) is 9.11. The topological polar surface area (TPSA) is 77.5 Å². The molecule has 1 unspecified atom stereocenters. The quantitative estimate of drug-likeness (QED) is 0.446. The number of allylic oxidation sites excluding steroid dienone is 1. The van der Waals surface area contributed by atoms with Gasteiger partial charge in [-0.15, -0.1) is 0 Å². The van der Waals surface area contributed by atoms with Crippen molar-refractivity contribution in [3.63, 3.8) is 0 Å². The summed E-state index contributed by atoms with van der Waals surface area (Å²) in [6, 6.07) is 10.4. The molecular weight excluding hydrogens is 426 g/mol. The smallest absolute Gasteiger partial charge is 0.227 e. The molecule has 0 bridgehead atoms. The van der Waals surface area contributed by atoms with Crippen molar-refractivity contribution in [2.24, 2.45) is 0 Å². The van der Waals surface area contributed by atoms with Gasteiger partial charge in [0.15, 0.2) is 0 Å². The summed E-state index contributed by atoms with van der Waals surface area (Å²) >= 11 is 0. The molecule has 1 N–H and O–H groups in total. The number of nitrogens with zero attached hydrogens (tertiary/aromatic N) is 6. The van der Waals surface area contributed by atoms with Gasteiger partial charge in [-0.25, -0.2) is 15.0 Å². The van der Waals surface area contributed by atoms with Crippen molar-refractivity contribution in [3.05, 3.63) is 60.6 Å². The third-order valence-corrected chi connectivity index (χ3v) is 6.74. The summed E-state index contributed by atoms with van der Waals surface area (Å²) in [6.07, 6.45) is 10.2. The molecule has 2 aromatic heterocycles. The molecule has 34 heavy (non-hydrogen) atoms. The zero-order chi connectivity index (χ0) is 23.3. The van der Waals surface area contributed by atoms with Crippen molar-refractivity contribution in [1.29, 1.82) is 0 Å². The number of likely N-dealkylation sites (N-methyl/N-ethyl adjacent to an activating group) is 1. The number of aldehydes is 1. The average Bonchev–Trinajstić information content (AvgIpc) is 2.88. The number of carbonyl (C=O) groups excluding carboxylic acids is 1. The van der Waals surface area contributed by atoms with Crippen molar-refractivity contribution in [1.82, 2.24) is 24.8 Å². The Balaban J connectivity index is 1.34. The van der Waals surface area contributed by atoms with Gasteiger partial charge >= 0.3 is 0 Å². The van der Waals surface area contributed by atoms with Gasteiger partial charge in [-0.1, -0.05) is 18.2 Å². The summed E-state index contributed by atoms with van der Waals surface area (Å²) in [6.45, 7) is 5.97. The first kappa shape index (κ1) is 22.3. The van der Waals surface area contributed by atoms with E-state index in [2.05, 4.69) is 61.3 Å². The van der Waals surface area contributed by atoms with Crippen LogP contribution in [0.1, 0.15) is 24.3 Å². The highest BCUT2D eigenvalue weighted by Crippen LogP contribution is 2.32. The van der Waals surface area contributed by atoms with E-state index < -0.39 is 0 Å². The lowest BCUT2D eigenvalue weighted by atomic mass is 9.89. The maximum Gasteiger partial charge on any atom is 0.227 e. The SMILES string of the molecule is CN1CCN(c2ccc(Nc3ncc4cccc(C5CCCN(C=CC=O)C5)c4n3)cn2)CC1. The van der Waals surface area contributed by atoms with Gasteiger partial charge in [0.25, 0.3) is 0 Å². The van der Waals surface area contributed by atoms with Gasteiger partial charge in [0.05, 0.1) is 17.4 Å². The van der Waals surface area contributed by atoms with Gasteiger partial charge in [0, 0.05) is 63.0 Å². The summed E-state index contributed by atoms with van der Waals surface area (Å²) in [4.78, 5) is 31.7. The zero-order valence-corrected chi connectivity index (χ0v) is 19.6. The van der Waals surface area contributed by atoms with E-state index in [0.717, 1.165) is 80.8 Å². The predicted octanol–water partition coefficient (Wildman–Crippen LogP) is 3.41. The van der Waals surface area contributed by atoms with Crippen LogP contribution in [-0.4, -0.2) is 77.4 Å². The van der Waals surface area contributed by atoms with Crippen LogP contribution in [0.4, 0.5) is 17.5 Å². The number of likely N-dealkylation sites (tertiary alicyclic amines) is 1. The standard InChI is InChI=1S/C26H31N7O/c1-31-12-14-33(15-13-31)24-9-8-22(18-27-24)29-26-28-17-20-5-2-7-23(25(20)30-26)21-6-3-10-32(19-21)11-4-16-34/h2,4-5,7-9,11,16-18,21H,3,6,10,12-15,19H2,1H3,(H,28,29,30). The van der Waals surface area contributed by atoms with E-state index in [4.69, 9.17) is 4.98 Å². The number of benzene rings is 1. The van der Waals surface area contributed by atoms with Gasteiger partial charge in [0.1, 0.15) is 12.1 Å². The number of hydrogen-bond acceptors (Lipinski definition) is 8. The largest absolute Gasteiger partial charge is 0.377 e. The third kappa shape index (κ3) is 5.02. The molecule has 0 saturated carbocycles. The Labute approximate surface area is 200 Å². The molecule has 2 aliphatic rings. The molecule has 0 amide bonds. The van der Waals surface area contributed by atoms with Crippen LogP contribution in [0, 0.1) is 0 Å². The Bertz CT molecular complexity index is 1160. The molecule has 1 atom stereocenters. The lowest BCUT2D eigenvalue weighted by Gasteiger charge is -2.33. The predicted molar refractivity (Wildman–Crippen MR) is 136 cm³/mol. The van der Waals surface area contributed by atoms with Crippen LogP contribution in [0.2, 0.25) is 0 Å². The molecule has 1 aromatic carbocycles. The van der Waals surface area contributed by atoms with Crippen molar-refractivity contribution in [3.8, 4) is 0 Å². The van der Waals surface area contributed by atoms with Gasteiger partial charge in [-0.2, -0.15) is 0 Å². The monoisotopic (exact) mass is 457 g/mol. The number of hydrogen-bond donors (Lipinski definition) is 1. The van der Waals surface area contributed by atoms with E-state index in [0.29, 0.717) is 11.9 Å². The van der Waals surface area contributed by atoms with Crippen LogP contribution < -0.4 is 10.2 Å². The highest BCUT2D eigenvalue weighted by molar-refractivity contribution is 5.83. The minimum atomic E-state index is 0.362. The minimum Gasteiger partial charge on any atom is -0.377 e. The molecule has 2 aliphatic heterocycles. The van der Waals surface area contributed by atoms with E-state index in [-0.39, 0.29) is 0 Å². The van der Waals surface area contributed by atoms with Crippen molar-refractivity contribution < 1.29 is 4.79 Å². The molecule has 8 nitrogen and oxygen atoms in total. The number of rotatable bonds is 6. The minimum absolute atomic E-state index is 0.362. The van der Waals surface area contributed by atoms with Crippen LogP contribution in [0.5, 0.6) is 0 Å². The van der Waals surface area contributed by atoms with Crippen molar-refractivity contribution in [2.45, 2.75) is 18.8 Å². The zero-order valence-electron chi connectivity index (χ0n) is 19.6. The molecule has 0 spiro atoms. The van der Waals surface area contributed by atoms with Crippen molar-refractivity contribution >= 4 is 34.6 Å². The Morgan fingerprint density at radius 1 is 1.03 bits per heavy atom. The molecule has 8 heteroatoms. The first-order valence-corrected chi connectivity index (χ1v) is 12.0. The van der Waals surface area contributed by atoms with E-state index in [1.807, 2.05) is 24.7 Å². The molecule has 0 aliphatic carbocycles. The van der Waals surface area contributed by atoms with E-state index in [1.54, 1.807) is 6.08 Å². The summed E-state index contributed by atoms with van der Waals surface area (Å²) in [7, 11) is 2.15. The van der Waals surface area contributed by atoms with Gasteiger partial charge in [-0.05, 0) is 43.7 Å². The second-order valence-electron chi connectivity index (χ2n) is 9.11. The van der Waals surface area contributed by atoms with Crippen LogP contribution in [0.15, 0.2) is 55.0 Å². The number of pyridine rings is 1. The first-order chi connectivity index (χ1) is 16.7. The number of piperidine rings is 1. The van der Waals surface area contributed by atoms with E-state index in [9.17, 15) is 4.79 Å². The number of piperazine rings is 1. The molecule has 5 rings (SSSR count). The molecular formula is C26H31N7O. The Kier molecular flexibility index (Phi) is 6.67. The summed E-state index contributed by atoms with van der Waals surface area (Å²) in [5, 5.41) is 4.36. The van der Waals surface area contributed by atoms with Gasteiger partial charge < -0.3 is 20.0 Å². The fourth-order valence-electron chi connectivity index (χ4n) is 4.83. The molecule has 4 heterocycles. The fourth-order valence-corrected chi connectivity index (χ4v) is 4.83. The average molecular weight is 458 g/mol. The Morgan fingerprint density at radius 3 is 2.71 bits per heavy atom. The Morgan fingerprint density at radius 2 is 1.91 bits per heavy atom. The lowest BCUT2D eigenvalue weighted by Crippen LogP contribution is -2.44. The molecule has 2 saturated heterocycles. The highest BCUT2D eigenvalue weighted by atomic mass is 16.1. The maximum absolute atomic E-state index is 10.7. The summed E-state index contributed by atoms with van der Waals surface area (Å²) in [5.74, 6) is 1.94. The summed E-state index contributed by atoms with van der Waals surface area (Å²) in [5.41, 5.74) is 3.08. The van der Waals surface area contributed by atoms with Gasteiger partial charge in [0.2, 0.25) is 5.95 Å². The van der Waals surface area contributed by atoms with Crippen LogP contribution >= 0.6 is 0 Å². The second kappa shape index (κ2) is 10.2. The summed E-state index contributed by atoms with van der Waals surface area (Å²) < 4.78 is 0.